The highest BCUT2D eigenvalue weighted by atomic mass is 16.5. The molecular formula is C19H22O7. The summed E-state index contributed by atoms with van der Waals surface area (Å²) in [6.45, 7) is 1.58. The molecular weight excluding hydrogens is 340 g/mol. The van der Waals surface area contributed by atoms with Gasteiger partial charge in [-0.05, 0) is 41.0 Å². The Morgan fingerprint density at radius 3 is 2.12 bits per heavy atom. The van der Waals surface area contributed by atoms with E-state index in [4.69, 9.17) is 9.47 Å². The monoisotopic (exact) mass is 362 g/mol. The van der Waals surface area contributed by atoms with Crippen molar-refractivity contribution in [3.05, 3.63) is 47.0 Å². The summed E-state index contributed by atoms with van der Waals surface area (Å²) in [6, 6.07) is 7.46. The first-order valence-electron chi connectivity index (χ1n) is 8.12. The quantitative estimate of drug-likeness (QED) is 0.524. The third kappa shape index (κ3) is 2.65. The van der Waals surface area contributed by atoms with Crippen LogP contribution in [0.2, 0.25) is 0 Å². The highest BCUT2D eigenvalue weighted by Crippen LogP contribution is 2.50. The highest BCUT2D eigenvalue weighted by Gasteiger charge is 2.50. The van der Waals surface area contributed by atoms with Crippen LogP contribution in [0.4, 0.5) is 0 Å². The minimum atomic E-state index is -2.40. The van der Waals surface area contributed by atoms with Crippen molar-refractivity contribution in [3.8, 4) is 23.0 Å². The van der Waals surface area contributed by atoms with Crippen molar-refractivity contribution < 1.29 is 35.0 Å². The molecule has 0 amide bonds. The fourth-order valence-electron chi connectivity index (χ4n) is 3.56. The molecule has 5 N–H and O–H groups in total. The lowest BCUT2D eigenvalue weighted by molar-refractivity contribution is -0.245. The van der Waals surface area contributed by atoms with E-state index in [1.807, 2.05) is 0 Å². The van der Waals surface area contributed by atoms with Gasteiger partial charge in [0.05, 0.1) is 14.2 Å². The summed E-state index contributed by atoms with van der Waals surface area (Å²) in [5.74, 6) is -3.89. The second kappa shape index (κ2) is 6.35. The molecule has 7 nitrogen and oxygen atoms in total. The van der Waals surface area contributed by atoms with Gasteiger partial charge in [-0.2, -0.15) is 0 Å². The molecule has 0 saturated heterocycles. The molecule has 2 aromatic carbocycles. The van der Waals surface area contributed by atoms with Gasteiger partial charge in [-0.15, -0.1) is 0 Å². The number of ether oxygens (including phenoxy) is 2. The van der Waals surface area contributed by atoms with Crippen LogP contribution in [0.15, 0.2) is 30.3 Å². The lowest BCUT2D eigenvalue weighted by Crippen LogP contribution is -2.53. The maximum Gasteiger partial charge on any atom is 0.197 e. The van der Waals surface area contributed by atoms with Crippen LogP contribution in [-0.2, 0) is 0 Å². The van der Waals surface area contributed by atoms with Crippen molar-refractivity contribution in [3.63, 3.8) is 0 Å². The van der Waals surface area contributed by atoms with Gasteiger partial charge >= 0.3 is 0 Å². The van der Waals surface area contributed by atoms with Gasteiger partial charge in [0.1, 0.15) is 6.10 Å². The van der Waals surface area contributed by atoms with E-state index >= 15 is 0 Å². The summed E-state index contributed by atoms with van der Waals surface area (Å²) < 4.78 is 10.2. The second-order valence-corrected chi connectivity index (χ2v) is 6.51. The van der Waals surface area contributed by atoms with Gasteiger partial charge in [-0.3, -0.25) is 0 Å². The molecule has 0 fully saturated rings. The standard InChI is InChI=1S/C19H22O7/c1-9-11-8-16(26-3)14(21)7-12(11)17(18(22)19(9,23)24)10-4-5-13(20)15(6-10)25-2/h4-9,17-18,20-24H,1-3H3/t9?,17-,18+/m0/s1. The summed E-state index contributed by atoms with van der Waals surface area (Å²) in [6.07, 6.45) is -1.56. The van der Waals surface area contributed by atoms with Gasteiger partial charge in [-0.1, -0.05) is 13.0 Å². The number of benzene rings is 2. The largest absolute Gasteiger partial charge is 0.504 e. The zero-order valence-corrected chi connectivity index (χ0v) is 14.7. The summed E-state index contributed by atoms with van der Waals surface area (Å²) in [4.78, 5) is 0. The van der Waals surface area contributed by atoms with Crippen LogP contribution in [-0.4, -0.2) is 51.6 Å². The van der Waals surface area contributed by atoms with E-state index < -0.39 is 23.7 Å². The summed E-state index contributed by atoms with van der Waals surface area (Å²) in [5, 5.41) is 51.7. The van der Waals surface area contributed by atoms with Crippen molar-refractivity contribution in [1.82, 2.24) is 0 Å². The van der Waals surface area contributed by atoms with Crippen LogP contribution in [0.1, 0.15) is 35.4 Å². The van der Waals surface area contributed by atoms with Crippen LogP contribution in [0.5, 0.6) is 23.0 Å². The number of methoxy groups -OCH3 is 2. The number of aromatic hydroxyl groups is 2. The molecule has 3 atom stereocenters. The number of aliphatic hydroxyl groups is 3. The predicted molar refractivity (Wildman–Crippen MR) is 92.8 cm³/mol. The Balaban J connectivity index is 2.25. The lowest BCUT2D eigenvalue weighted by atomic mass is 9.69. The Morgan fingerprint density at radius 1 is 0.885 bits per heavy atom. The number of fused-ring (bicyclic) bond motifs is 1. The molecule has 1 aliphatic rings. The van der Waals surface area contributed by atoms with Gasteiger partial charge in [0.25, 0.3) is 0 Å². The minimum Gasteiger partial charge on any atom is -0.504 e. The Hall–Kier alpha value is -2.48. The number of phenols is 2. The molecule has 1 unspecified atom stereocenters. The van der Waals surface area contributed by atoms with Crippen molar-refractivity contribution in [2.75, 3.05) is 14.2 Å². The number of hydrogen-bond acceptors (Lipinski definition) is 7. The number of aliphatic hydroxyl groups excluding tert-OH is 1. The van der Waals surface area contributed by atoms with Crippen molar-refractivity contribution in [1.29, 1.82) is 0 Å². The van der Waals surface area contributed by atoms with Crippen LogP contribution in [0.3, 0.4) is 0 Å². The smallest absolute Gasteiger partial charge is 0.197 e. The Labute approximate surface area is 150 Å². The number of phenolic OH excluding ortho intramolecular Hbond substituents is 2. The average Bonchev–Trinajstić information content (AvgIpc) is 2.61. The summed E-state index contributed by atoms with van der Waals surface area (Å²) in [7, 11) is 2.79. The molecule has 0 radical (unpaired) electrons. The van der Waals surface area contributed by atoms with Gasteiger partial charge < -0.3 is 35.0 Å². The molecule has 3 rings (SSSR count). The van der Waals surface area contributed by atoms with E-state index in [0.29, 0.717) is 16.7 Å². The lowest BCUT2D eigenvalue weighted by Gasteiger charge is -2.44. The first-order valence-corrected chi connectivity index (χ1v) is 8.12. The van der Waals surface area contributed by atoms with Crippen molar-refractivity contribution >= 4 is 0 Å². The van der Waals surface area contributed by atoms with Gasteiger partial charge in [-0.25, -0.2) is 0 Å². The molecule has 26 heavy (non-hydrogen) atoms. The van der Waals surface area contributed by atoms with Gasteiger partial charge in [0.2, 0.25) is 0 Å². The molecule has 0 bridgehead atoms. The van der Waals surface area contributed by atoms with Gasteiger partial charge in [0.15, 0.2) is 28.8 Å². The molecule has 0 aliphatic heterocycles. The Kier molecular flexibility index (Phi) is 4.47. The normalized spacial score (nSPS) is 24.0. The van der Waals surface area contributed by atoms with E-state index in [0.717, 1.165) is 0 Å². The van der Waals surface area contributed by atoms with Crippen molar-refractivity contribution in [2.24, 2.45) is 0 Å². The molecule has 7 heteroatoms. The summed E-state index contributed by atoms with van der Waals surface area (Å²) >= 11 is 0. The molecule has 0 aromatic heterocycles. The maximum absolute atomic E-state index is 10.7. The average molecular weight is 362 g/mol. The molecule has 140 valence electrons. The second-order valence-electron chi connectivity index (χ2n) is 6.51. The molecule has 0 heterocycles. The van der Waals surface area contributed by atoms with E-state index in [-0.39, 0.29) is 23.0 Å². The third-order valence-electron chi connectivity index (χ3n) is 5.14. The SMILES string of the molecule is COc1cc([C@H]2c3cc(O)c(OC)cc3C(C)C(O)(O)[C@@H]2O)ccc1O. The Morgan fingerprint density at radius 2 is 1.50 bits per heavy atom. The third-order valence-corrected chi connectivity index (χ3v) is 5.14. The van der Waals surface area contributed by atoms with E-state index in [9.17, 15) is 25.5 Å². The van der Waals surface area contributed by atoms with E-state index in [1.54, 1.807) is 13.0 Å². The molecule has 1 aliphatic carbocycles. The Bertz CT molecular complexity index is 831. The predicted octanol–water partition coefficient (Wildman–Crippen LogP) is 1.41. The zero-order valence-electron chi connectivity index (χ0n) is 14.7. The van der Waals surface area contributed by atoms with E-state index in [2.05, 4.69) is 0 Å². The first-order chi connectivity index (χ1) is 12.2. The van der Waals surface area contributed by atoms with Crippen LogP contribution >= 0.6 is 0 Å². The molecule has 2 aromatic rings. The fourth-order valence-corrected chi connectivity index (χ4v) is 3.56. The highest BCUT2D eigenvalue weighted by molar-refractivity contribution is 5.55. The minimum absolute atomic E-state index is 0.0769. The first kappa shape index (κ1) is 18.3. The molecule has 0 spiro atoms. The van der Waals surface area contributed by atoms with Crippen molar-refractivity contribution in [2.45, 2.75) is 30.7 Å². The zero-order chi connectivity index (χ0) is 19.2. The van der Waals surface area contributed by atoms with E-state index in [1.165, 1.54) is 38.5 Å². The van der Waals surface area contributed by atoms with Crippen LogP contribution < -0.4 is 9.47 Å². The fraction of sp³-hybridized carbons (Fsp3) is 0.368. The summed E-state index contributed by atoms with van der Waals surface area (Å²) in [5.41, 5.74) is 1.57. The maximum atomic E-state index is 10.7. The van der Waals surface area contributed by atoms with Crippen LogP contribution in [0, 0.1) is 0 Å². The number of rotatable bonds is 3. The molecule has 0 saturated carbocycles. The number of hydrogen-bond donors (Lipinski definition) is 5. The topological polar surface area (TPSA) is 120 Å². The van der Waals surface area contributed by atoms with Gasteiger partial charge in [0, 0.05) is 11.8 Å². The van der Waals surface area contributed by atoms with Crippen LogP contribution in [0.25, 0.3) is 0 Å².